The topological polar surface area (TPSA) is 188 Å². The molecule has 3 rings (SSSR count). The summed E-state index contributed by atoms with van der Waals surface area (Å²) in [4.78, 5) is 11.8. The molecular weight excluding hydrogens is 629 g/mol. The van der Waals surface area contributed by atoms with Gasteiger partial charge in [0.15, 0.2) is 5.75 Å². The van der Waals surface area contributed by atoms with Gasteiger partial charge in [-0.25, -0.2) is 14.3 Å². The van der Waals surface area contributed by atoms with Gasteiger partial charge in [-0.3, -0.25) is 24.6 Å². The molecule has 1 aliphatic heterocycles. The van der Waals surface area contributed by atoms with Crippen LogP contribution in [0.3, 0.4) is 0 Å². The Morgan fingerprint density at radius 1 is 1.12 bits per heavy atom. The summed E-state index contributed by atoms with van der Waals surface area (Å²) in [5.74, 6) is 6.04. The second kappa shape index (κ2) is 15.0. The van der Waals surface area contributed by atoms with Crippen molar-refractivity contribution >= 4 is 38.7 Å². The third-order valence-electron chi connectivity index (χ3n) is 8.33. The van der Waals surface area contributed by atoms with Crippen molar-refractivity contribution < 1.29 is 18.3 Å². The predicted octanol–water partition coefficient (Wildman–Crippen LogP) is 4.16. The van der Waals surface area contributed by atoms with Gasteiger partial charge in [0.05, 0.1) is 36.5 Å². The molecule has 264 valence electrons. The molecule has 0 atom stereocenters. The molecule has 0 unspecified atom stereocenters. The number of rotatable bonds is 10. The number of allylic oxidation sites excluding steroid dienone is 1. The molecule has 0 amide bonds. The first-order valence-electron chi connectivity index (χ1n) is 15.9. The van der Waals surface area contributed by atoms with Gasteiger partial charge in [0.2, 0.25) is 10.0 Å². The number of likely N-dealkylation sites (tertiary alicyclic amines) is 1. The van der Waals surface area contributed by atoms with Gasteiger partial charge in [0.25, 0.3) is 0 Å². The van der Waals surface area contributed by atoms with Gasteiger partial charge >= 0.3 is 0 Å². The molecule has 0 saturated carbocycles. The summed E-state index contributed by atoms with van der Waals surface area (Å²) in [6.45, 7) is 18.3. The fraction of sp³-hybridized carbons (Fsp3) is 0.486. The molecule has 0 spiro atoms. The van der Waals surface area contributed by atoms with E-state index in [2.05, 4.69) is 35.4 Å². The van der Waals surface area contributed by atoms with E-state index in [1.54, 1.807) is 36.5 Å². The monoisotopic (exact) mass is 681 g/mol. The van der Waals surface area contributed by atoms with Crippen LogP contribution in [0.15, 0.2) is 64.0 Å². The standard InChI is InChI=1S/C35H54N8O4S/c1-22-11-12-24(33(44)40-29-18-25(34(3,4)5)19-30(32(29)47-9)41-48(10,45)46)17-31(22)43(38)21-28(37)27(20-36)23(2)39-26-13-15-42(16-14-26)35(6,7)8/h11-12,17-21,26,41H,13-16,36-38H2,1-10H3,(H,40,44)/p-1/b27-20?,28-21-,39-23?. The van der Waals surface area contributed by atoms with E-state index in [9.17, 15) is 13.5 Å². The van der Waals surface area contributed by atoms with Gasteiger partial charge < -0.3 is 21.3 Å². The Kier molecular flexibility index (Phi) is 12.0. The minimum Gasteiger partial charge on any atom is -0.858 e. The molecule has 2 aromatic rings. The zero-order valence-corrected chi connectivity index (χ0v) is 30.8. The molecule has 48 heavy (non-hydrogen) atoms. The summed E-state index contributed by atoms with van der Waals surface area (Å²) in [6, 6.07) is 8.61. The largest absolute Gasteiger partial charge is 0.858 e. The molecule has 0 radical (unpaired) electrons. The number of aryl methyl sites for hydroxylation is 1. The number of methoxy groups -OCH3 is 1. The normalized spacial score (nSPS) is 16.6. The van der Waals surface area contributed by atoms with Crippen LogP contribution >= 0.6 is 0 Å². The number of hydrogen-bond acceptors (Lipinski definition) is 11. The number of ether oxygens (including phenoxy) is 1. The van der Waals surface area contributed by atoms with E-state index in [1.807, 2.05) is 34.6 Å². The highest BCUT2D eigenvalue weighted by molar-refractivity contribution is 7.92. The van der Waals surface area contributed by atoms with Crippen molar-refractivity contribution in [3.63, 3.8) is 0 Å². The van der Waals surface area contributed by atoms with E-state index in [1.165, 1.54) is 18.3 Å². The number of nitrogens with one attached hydrogen (secondary N) is 1. The molecular formula is C35H53N8O4S-. The van der Waals surface area contributed by atoms with Crippen LogP contribution in [-0.4, -0.2) is 63.0 Å². The summed E-state index contributed by atoms with van der Waals surface area (Å²) in [5, 5.41) is 14.9. The Hall–Kier alpha value is -4.07. The molecule has 1 saturated heterocycles. The highest BCUT2D eigenvalue weighted by Crippen LogP contribution is 2.41. The van der Waals surface area contributed by atoms with Gasteiger partial charge in [0.1, 0.15) is 5.69 Å². The lowest BCUT2D eigenvalue weighted by atomic mass is 9.86. The van der Waals surface area contributed by atoms with E-state index in [0.717, 1.165) is 49.0 Å². The maximum absolute atomic E-state index is 13.6. The summed E-state index contributed by atoms with van der Waals surface area (Å²) >= 11 is 0. The summed E-state index contributed by atoms with van der Waals surface area (Å²) < 4.78 is 32.2. The third-order valence-corrected chi connectivity index (χ3v) is 8.92. The molecule has 13 heteroatoms. The van der Waals surface area contributed by atoms with Crippen molar-refractivity contribution in [3.8, 4) is 5.75 Å². The number of anilines is 2. The number of sulfonamides is 1. The zero-order valence-electron chi connectivity index (χ0n) is 30.0. The Morgan fingerprint density at radius 2 is 1.75 bits per heavy atom. The molecule has 0 aromatic heterocycles. The van der Waals surface area contributed by atoms with E-state index in [-0.39, 0.29) is 39.7 Å². The van der Waals surface area contributed by atoms with Gasteiger partial charge in [-0.15, -0.1) is 0 Å². The average molecular weight is 682 g/mol. The fourth-order valence-electron chi connectivity index (χ4n) is 5.54. The molecule has 1 aliphatic rings. The third kappa shape index (κ3) is 9.97. The number of benzene rings is 2. The van der Waals surface area contributed by atoms with Crippen LogP contribution in [0, 0.1) is 6.92 Å². The summed E-state index contributed by atoms with van der Waals surface area (Å²) in [6.07, 6.45) is 5.93. The van der Waals surface area contributed by atoms with Crippen LogP contribution in [0.2, 0.25) is 0 Å². The van der Waals surface area contributed by atoms with Gasteiger partial charge in [-0.05, 0) is 93.7 Å². The van der Waals surface area contributed by atoms with Crippen LogP contribution in [-0.2, 0) is 15.4 Å². The summed E-state index contributed by atoms with van der Waals surface area (Å²) in [7, 11) is -2.25. The first-order valence-corrected chi connectivity index (χ1v) is 17.8. The molecule has 12 nitrogen and oxygen atoms in total. The van der Waals surface area contributed by atoms with Crippen molar-refractivity contribution in [1.82, 2.24) is 4.90 Å². The number of nitrogens with two attached hydrogens (primary N) is 3. The van der Waals surface area contributed by atoms with Crippen LogP contribution in [0.5, 0.6) is 5.75 Å². The van der Waals surface area contributed by atoms with Crippen molar-refractivity contribution in [2.45, 2.75) is 85.2 Å². The average Bonchev–Trinajstić information content (AvgIpc) is 2.96. The maximum Gasteiger partial charge on any atom is 0.229 e. The van der Waals surface area contributed by atoms with E-state index >= 15 is 0 Å². The van der Waals surface area contributed by atoms with Gasteiger partial charge in [0, 0.05) is 42.3 Å². The number of hydrogen-bond donors (Lipinski definition) is 4. The highest BCUT2D eigenvalue weighted by Gasteiger charge is 2.27. The lowest BCUT2D eigenvalue weighted by Crippen LogP contribution is -2.47. The fourth-order valence-corrected chi connectivity index (χ4v) is 6.09. The van der Waals surface area contributed by atoms with Crippen LogP contribution in [0.25, 0.3) is 0 Å². The molecule has 1 fully saturated rings. The van der Waals surface area contributed by atoms with Crippen LogP contribution in [0.4, 0.5) is 17.1 Å². The highest BCUT2D eigenvalue weighted by atomic mass is 32.2. The lowest BCUT2D eigenvalue weighted by molar-refractivity contribution is -0.212. The first-order chi connectivity index (χ1) is 22.1. The molecule has 1 heterocycles. The lowest BCUT2D eigenvalue weighted by Gasteiger charge is -2.40. The van der Waals surface area contributed by atoms with Crippen LogP contribution in [0.1, 0.15) is 78.0 Å². The number of aliphatic imine (C=N–C) groups is 2. The van der Waals surface area contributed by atoms with E-state index in [0.29, 0.717) is 17.0 Å². The minimum absolute atomic E-state index is 0.128. The van der Waals surface area contributed by atoms with Crippen LogP contribution < -0.4 is 36.9 Å². The molecule has 2 aromatic carbocycles. The molecule has 7 N–H and O–H groups in total. The van der Waals surface area contributed by atoms with Crippen molar-refractivity contribution in [3.05, 3.63) is 70.7 Å². The number of piperidine rings is 1. The Labute approximate surface area is 286 Å². The second-order valence-electron chi connectivity index (χ2n) is 14.3. The number of nitrogens with zero attached hydrogens (tertiary/aromatic N) is 4. The SMILES string of the molecule is COc1c(N=C([O-])c2ccc(C)c(N(N)/C=C(\N)C(=CN)C(C)=NC3CCN(C(C)(C)C)CC3)c2)cc(C(C)(C)C)cc1NS(C)(=O)=O. The van der Waals surface area contributed by atoms with Crippen molar-refractivity contribution in [2.75, 3.05) is 36.2 Å². The Balaban J connectivity index is 1.94. The summed E-state index contributed by atoms with van der Waals surface area (Å²) in [5.41, 5.74) is 16.6. The zero-order chi connectivity index (χ0) is 36.2. The Bertz CT molecular complexity index is 1710. The van der Waals surface area contributed by atoms with E-state index in [4.69, 9.17) is 27.0 Å². The van der Waals surface area contributed by atoms with Gasteiger partial charge in [-0.1, -0.05) is 32.9 Å². The quantitative estimate of drug-likeness (QED) is 0.0939. The van der Waals surface area contributed by atoms with Crippen molar-refractivity contribution in [1.29, 1.82) is 0 Å². The Morgan fingerprint density at radius 3 is 2.27 bits per heavy atom. The predicted molar refractivity (Wildman–Crippen MR) is 196 cm³/mol. The van der Waals surface area contributed by atoms with Crippen molar-refractivity contribution in [2.24, 2.45) is 27.3 Å². The minimum atomic E-state index is -3.64. The first kappa shape index (κ1) is 38.4. The second-order valence-corrected chi connectivity index (χ2v) is 16.0. The molecule has 0 bridgehead atoms. The smallest absolute Gasteiger partial charge is 0.229 e. The van der Waals surface area contributed by atoms with Gasteiger partial charge in [-0.2, -0.15) is 0 Å². The molecule has 0 aliphatic carbocycles. The van der Waals surface area contributed by atoms with E-state index < -0.39 is 15.9 Å². The maximum atomic E-state index is 13.6. The number of hydrazine groups is 1.